The first-order chi connectivity index (χ1) is 10.0. The monoisotopic (exact) mass is 296 g/mol. The van der Waals surface area contributed by atoms with Gasteiger partial charge >= 0.3 is 11.7 Å². The molecule has 1 atom stereocenters. The topological polar surface area (TPSA) is 124 Å². The van der Waals surface area contributed by atoms with Gasteiger partial charge < -0.3 is 19.9 Å². The van der Waals surface area contributed by atoms with Crippen molar-refractivity contribution in [3.8, 4) is 0 Å². The van der Waals surface area contributed by atoms with E-state index in [1.807, 2.05) is 4.98 Å². The second-order valence-electron chi connectivity index (χ2n) is 4.47. The first-order valence-electron chi connectivity index (χ1n) is 6.55. The van der Waals surface area contributed by atoms with Crippen molar-refractivity contribution in [2.24, 2.45) is 0 Å². The van der Waals surface area contributed by atoms with Crippen molar-refractivity contribution in [1.29, 1.82) is 0 Å². The van der Waals surface area contributed by atoms with E-state index < -0.39 is 29.2 Å². The molecule has 0 spiro atoms. The van der Waals surface area contributed by atoms with Crippen LogP contribution in [0.4, 0.5) is 0 Å². The van der Waals surface area contributed by atoms with Crippen LogP contribution in [0, 0.1) is 0 Å². The van der Waals surface area contributed by atoms with Crippen LogP contribution in [-0.2, 0) is 9.53 Å². The number of nitrogens with one attached hydrogen (secondary N) is 3. The molecule has 1 fully saturated rings. The van der Waals surface area contributed by atoms with Gasteiger partial charge in [0.25, 0.3) is 11.5 Å². The predicted octanol–water partition coefficient (Wildman–Crippen LogP) is -1.96. The minimum atomic E-state index is -0.783. The highest BCUT2D eigenvalue weighted by Crippen LogP contribution is 2.09. The Labute approximate surface area is 119 Å². The van der Waals surface area contributed by atoms with Gasteiger partial charge in [-0.1, -0.05) is 0 Å². The average molecular weight is 296 g/mol. The number of aromatic nitrogens is 2. The van der Waals surface area contributed by atoms with Gasteiger partial charge in [-0.2, -0.15) is 0 Å². The van der Waals surface area contributed by atoms with E-state index in [9.17, 15) is 19.2 Å². The Bertz CT molecular complexity index is 621. The van der Waals surface area contributed by atoms with E-state index in [4.69, 9.17) is 4.74 Å². The van der Waals surface area contributed by atoms with E-state index in [2.05, 4.69) is 10.3 Å². The zero-order valence-corrected chi connectivity index (χ0v) is 11.5. The van der Waals surface area contributed by atoms with Crippen molar-refractivity contribution in [1.82, 2.24) is 20.2 Å². The fraction of sp³-hybridized carbons (Fsp3) is 0.500. The number of amides is 1. The summed E-state index contributed by atoms with van der Waals surface area (Å²) in [5.74, 6) is -1.11. The van der Waals surface area contributed by atoms with E-state index in [1.54, 1.807) is 6.92 Å². The number of carbonyl (C=O) groups is 2. The van der Waals surface area contributed by atoms with Crippen molar-refractivity contribution in [3.05, 3.63) is 32.6 Å². The lowest BCUT2D eigenvalue weighted by molar-refractivity contribution is -0.149. The number of H-pyrrole nitrogens is 2. The van der Waals surface area contributed by atoms with Crippen LogP contribution in [0.1, 0.15) is 17.4 Å². The molecule has 1 aliphatic heterocycles. The minimum absolute atomic E-state index is 0.153. The predicted molar refractivity (Wildman–Crippen MR) is 72.0 cm³/mol. The first kappa shape index (κ1) is 15.0. The van der Waals surface area contributed by atoms with Gasteiger partial charge in [-0.15, -0.1) is 0 Å². The van der Waals surface area contributed by atoms with Gasteiger partial charge in [-0.05, 0) is 6.92 Å². The van der Waals surface area contributed by atoms with Crippen LogP contribution < -0.4 is 16.6 Å². The molecule has 1 aromatic rings. The highest BCUT2D eigenvalue weighted by molar-refractivity contribution is 5.95. The molecule has 1 unspecified atom stereocenters. The van der Waals surface area contributed by atoms with Gasteiger partial charge in [0.15, 0.2) is 0 Å². The second kappa shape index (κ2) is 6.35. The quantitative estimate of drug-likeness (QED) is 0.556. The lowest BCUT2D eigenvalue weighted by Gasteiger charge is -2.34. The molecule has 1 aromatic heterocycles. The molecule has 2 rings (SSSR count). The van der Waals surface area contributed by atoms with Gasteiger partial charge in [-0.3, -0.25) is 14.6 Å². The summed E-state index contributed by atoms with van der Waals surface area (Å²) < 4.78 is 4.93. The summed E-state index contributed by atoms with van der Waals surface area (Å²) in [7, 11) is 0. The first-order valence-corrected chi connectivity index (χ1v) is 6.55. The normalized spacial score (nSPS) is 18.3. The highest BCUT2D eigenvalue weighted by atomic mass is 16.5. The van der Waals surface area contributed by atoms with Crippen molar-refractivity contribution >= 4 is 11.9 Å². The third-order valence-corrected chi connectivity index (χ3v) is 3.05. The Balaban J connectivity index is 2.28. The zero-order valence-electron chi connectivity index (χ0n) is 11.5. The van der Waals surface area contributed by atoms with Crippen LogP contribution in [0.15, 0.2) is 15.7 Å². The number of hydrogen-bond acceptors (Lipinski definition) is 6. The van der Waals surface area contributed by atoms with Crippen LogP contribution in [0.5, 0.6) is 0 Å². The fourth-order valence-corrected chi connectivity index (χ4v) is 2.14. The Morgan fingerprint density at radius 2 is 2.14 bits per heavy atom. The van der Waals surface area contributed by atoms with E-state index in [0.29, 0.717) is 6.54 Å². The maximum atomic E-state index is 12.4. The average Bonchev–Trinajstić information content (AvgIpc) is 2.45. The molecular weight excluding hydrogens is 280 g/mol. The standard InChI is InChI=1S/C12H16N4O5/c1-2-21-11(19)8-6-13-3-4-16(8)10(18)7-5-9(17)15-12(20)14-7/h5,8,13H,2-4,6H2,1H3,(H2,14,15,17,20). The summed E-state index contributed by atoms with van der Waals surface area (Å²) in [6, 6.07) is 0.211. The Morgan fingerprint density at radius 3 is 2.81 bits per heavy atom. The largest absolute Gasteiger partial charge is 0.464 e. The number of nitrogens with zero attached hydrogens (tertiary/aromatic N) is 1. The number of aromatic amines is 2. The third-order valence-electron chi connectivity index (χ3n) is 3.05. The Hall–Kier alpha value is -2.42. The second-order valence-corrected chi connectivity index (χ2v) is 4.47. The maximum Gasteiger partial charge on any atom is 0.330 e. The van der Waals surface area contributed by atoms with Crippen LogP contribution >= 0.6 is 0 Å². The lowest BCUT2D eigenvalue weighted by Crippen LogP contribution is -2.57. The molecular formula is C12H16N4O5. The zero-order chi connectivity index (χ0) is 15.4. The summed E-state index contributed by atoms with van der Waals surface area (Å²) in [5.41, 5.74) is -1.60. The molecule has 1 saturated heterocycles. The van der Waals surface area contributed by atoms with Crippen LogP contribution in [0.2, 0.25) is 0 Å². The van der Waals surface area contributed by atoms with Crippen LogP contribution in [0.3, 0.4) is 0 Å². The van der Waals surface area contributed by atoms with Gasteiger partial charge in [0.2, 0.25) is 0 Å². The summed E-state index contributed by atoms with van der Waals surface area (Å²) in [6.45, 7) is 2.93. The van der Waals surface area contributed by atoms with Gasteiger partial charge in [0.05, 0.1) is 6.61 Å². The van der Waals surface area contributed by atoms with Gasteiger partial charge in [-0.25, -0.2) is 9.59 Å². The van der Waals surface area contributed by atoms with Gasteiger partial charge in [0.1, 0.15) is 11.7 Å². The van der Waals surface area contributed by atoms with E-state index >= 15 is 0 Å². The Morgan fingerprint density at radius 1 is 1.38 bits per heavy atom. The number of rotatable bonds is 3. The summed E-state index contributed by atoms with van der Waals surface area (Å²) in [4.78, 5) is 52.3. The van der Waals surface area contributed by atoms with E-state index in [1.165, 1.54) is 4.90 Å². The third kappa shape index (κ3) is 3.37. The summed E-state index contributed by atoms with van der Waals surface area (Å²) >= 11 is 0. The molecule has 1 aliphatic rings. The number of ether oxygens (including phenoxy) is 1. The van der Waals surface area contributed by atoms with E-state index in [0.717, 1.165) is 6.07 Å². The molecule has 0 aromatic carbocycles. The van der Waals surface area contributed by atoms with Gasteiger partial charge in [0, 0.05) is 25.7 Å². The highest BCUT2D eigenvalue weighted by Gasteiger charge is 2.34. The molecule has 1 amide bonds. The molecule has 9 nitrogen and oxygen atoms in total. The molecule has 0 saturated carbocycles. The SMILES string of the molecule is CCOC(=O)C1CNCCN1C(=O)c1cc(=O)[nH]c(=O)[nH]1. The fourth-order valence-electron chi connectivity index (χ4n) is 2.14. The maximum absolute atomic E-state index is 12.4. The molecule has 0 aliphatic carbocycles. The van der Waals surface area contributed by atoms with Crippen molar-refractivity contribution < 1.29 is 14.3 Å². The number of hydrogen-bond donors (Lipinski definition) is 3. The summed E-state index contributed by atoms with van der Waals surface area (Å²) in [5, 5.41) is 3.00. The summed E-state index contributed by atoms with van der Waals surface area (Å²) in [6.07, 6.45) is 0. The molecule has 2 heterocycles. The van der Waals surface area contributed by atoms with Crippen molar-refractivity contribution in [3.63, 3.8) is 0 Å². The molecule has 9 heteroatoms. The van der Waals surface area contributed by atoms with E-state index in [-0.39, 0.29) is 25.4 Å². The lowest BCUT2D eigenvalue weighted by atomic mass is 10.1. The molecule has 0 bridgehead atoms. The van der Waals surface area contributed by atoms with Crippen LogP contribution in [-0.4, -0.2) is 59.0 Å². The molecule has 114 valence electrons. The molecule has 21 heavy (non-hydrogen) atoms. The van der Waals surface area contributed by atoms with Crippen LogP contribution in [0.25, 0.3) is 0 Å². The van der Waals surface area contributed by atoms with Crippen molar-refractivity contribution in [2.75, 3.05) is 26.2 Å². The number of esters is 1. The minimum Gasteiger partial charge on any atom is -0.464 e. The molecule has 0 radical (unpaired) electrons. The number of piperazine rings is 1. The molecule has 3 N–H and O–H groups in total. The smallest absolute Gasteiger partial charge is 0.330 e. The Kier molecular flexibility index (Phi) is 4.53. The number of carbonyl (C=O) groups excluding carboxylic acids is 2. The van der Waals surface area contributed by atoms with Crippen molar-refractivity contribution in [2.45, 2.75) is 13.0 Å².